The molecule has 1 aromatic heterocycles. The van der Waals surface area contributed by atoms with E-state index in [1.807, 2.05) is 6.92 Å². The number of non-ortho nitro benzene ring substituents is 1. The van der Waals surface area contributed by atoms with E-state index < -0.39 is 10.5 Å². The molecule has 0 atom stereocenters. The predicted octanol–water partition coefficient (Wildman–Crippen LogP) is 2.65. The number of benzene rings is 1. The topological polar surface area (TPSA) is 73.3 Å². The van der Waals surface area contributed by atoms with Crippen LogP contribution in [0.4, 0.5) is 5.69 Å². The summed E-state index contributed by atoms with van der Waals surface area (Å²) in [6, 6.07) is 5.65. The fourth-order valence-electron chi connectivity index (χ4n) is 1.81. The minimum Gasteiger partial charge on any atom is -0.423 e. The normalized spacial score (nSPS) is 10.6. The average molecular weight is 233 g/mol. The lowest BCUT2D eigenvalue weighted by atomic mass is 10.1. The van der Waals surface area contributed by atoms with E-state index in [1.54, 1.807) is 0 Å². The molecule has 2 rings (SSSR count). The Bertz CT molecular complexity index is 630. The summed E-state index contributed by atoms with van der Waals surface area (Å²) < 4.78 is 5.01. The monoisotopic (exact) mass is 233 g/mol. The van der Waals surface area contributed by atoms with Crippen molar-refractivity contribution in [2.45, 2.75) is 19.8 Å². The summed E-state index contributed by atoms with van der Waals surface area (Å²) in [5.41, 5.74) is 0.771. The molecule has 0 saturated heterocycles. The highest BCUT2D eigenvalue weighted by Crippen LogP contribution is 2.23. The molecule has 0 unspecified atom stereocenters. The molecule has 88 valence electrons. The molecule has 5 nitrogen and oxygen atoms in total. The van der Waals surface area contributed by atoms with E-state index in [0.29, 0.717) is 17.4 Å². The van der Waals surface area contributed by atoms with E-state index in [0.717, 1.165) is 12.0 Å². The highest BCUT2D eigenvalue weighted by Gasteiger charge is 2.11. The van der Waals surface area contributed by atoms with Crippen LogP contribution in [0.15, 0.2) is 33.5 Å². The summed E-state index contributed by atoms with van der Waals surface area (Å²) in [6.45, 7) is 1.98. The van der Waals surface area contributed by atoms with E-state index in [2.05, 4.69) is 0 Å². The Labute approximate surface area is 96.8 Å². The fourth-order valence-corrected chi connectivity index (χ4v) is 1.81. The highest BCUT2D eigenvalue weighted by molar-refractivity contribution is 5.82. The smallest absolute Gasteiger partial charge is 0.336 e. The second-order valence-corrected chi connectivity index (χ2v) is 3.78. The van der Waals surface area contributed by atoms with E-state index in [1.165, 1.54) is 24.3 Å². The summed E-state index contributed by atoms with van der Waals surface area (Å²) in [4.78, 5) is 21.5. The van der Waals surface area contributed by atoms with Crippen LogP contribution in [0.25, 0.3) is 11.0 Å². The lowest BCUT2D eigenvalue weighted by Gasteiger charge is -2.03. The van der Waals surface area contributed by atoms with Gasteiger partial charge in [0.2, 0.25) is 0 Å². The van der Waals surface area contributed by atoms with Gasteiger partial charge in [-0.1, -0.05) is 13.3 Å². The Morgan fingerprint density at radius 1 is 1.35 bits per heavy atom. The van der Waals surface area contributed by atoms with Gasteiger partial charge >= 0.3 is 5.63 Å². The van der Waals surface area contributed by atoms with Crippen molar-refractivity contribution < 1.29 is 9.34 Å². The first-order chi connectivity index (χ1) is 8.11. The van der Waals surface area contributed by atoms with Gasteiger partial charge in [-0.05, 0) is 18.1 Å². The fraction of sp³-hybridized carbons (Fsp3) is 0.250. The molecule has 1 aromatic carbocycles. The van der Waals surface area contributed by atoms with E-state index >= 15 is 0 Å². The lowest BCUT2D eigenvalue weighted by molar-refractivity contribution is -0.384. The summed E-state index contributed by atoms with van der Waals surface area (Å²) in [5.74, 6) is 0. The van der Waals surface area contributed by atoms with Gasteiger partial charge in [-0.3, -0.25) is 10.1 Å². The molecule has 17 heavy (non-hydrogen) atoms. The molecule has 0 saturated carbocycles. The number of nitrogens with zero attached hydrogens (tertiary/aromatic N) is 1. The van der Waals surface area contributed by atoms with Crippen molar-refractivity contribution in [1.29, 1.82) is 0 Å². The van der Waals surface area contributed by atoms with Gasteiger partial charge in [0.15, 0.2) is 0 Å². The van der Waals surface area contributed by atoms with Crippen LogP contribution >= 0.6 is 0 Å². The van der Waals surface area contributed by atoms with Gasteiger partial charge in [0.1, 0.15) is 5.58 Å². The minimum atomic E-state index is -0.458. The maximum absolute atomic E-state index is 11.3. The number of hydrogen-bond donors (Lipinski definition) is 0. The average Bonchev–Trinajstić information content (AvgIpc) is 2.28. The molecule has 0 N–H and O–H groups in total. The molecule has 1 heterocycles. The third-order valence-corrected chi connectivity index (χ3v) is 2.54. The van der Waals surface area contributed by atoms with Crippen molar-refractivity contribution in [1.82, 2.24) is 0 Å². The zero-order valence-corrected chi connectivity index (χ0v) is 9.30. The SMILES string of the molecule is CCCc1cc(=O)oc2ccc([N+](=O)[O-])cc12. The molecule has 0 aliphatic rings. The zero-order valence-electron chi connectivity index (χ0n) is 9.30. The molecule has 5 heteroatoms. The molecule has 2 aromatic rings. The van der Waals surface area contributed by atoms with Crippen LogP contribution in [0.3, 0.4) is 0 Å². The quantitative estimate of drug-likeness (QED) is 0.464. The van der Waals surface area contributed by atoms with Crippen LogP contribution in [-0.4, -0.2) is 4.92 Å². The van der Waals surface area contributed by atoms with Gasteiger partial charge in [0, 0.05) is 23.6 Å². The number of hydrogen-bond acceptors (Lipinski definition) is 4. The van der Waals surface area contributed by atoms with E-state index in [-0.39, 0.29) is 5.69 Å². The second kappa shape index (κ2) is 4.37. The van der Waals surface area contributed by atoms with Crippen LogP contribution in [0.5, 0.6) is 0 Å². The molecule has 0 aliphatic heterocycles. The van der Waals surface area contributed by atoms with Crippen molar-refractivity contribution >= 4 is 16.7 Å². The van der Waals surface area contributed by atoms with Gasteiger partial charge in [0.25, 0.3) is 5.69 Å². The first-order valence-electron chi connectivity index (χ1n) is 5.33. The van der Waals surface area contributed by atoms with Crippen LogP contribution in [0.2, 0.25) is 0 Å². The van der Waals surface area contributed by atoms with Crippen molar-refractivity contribution in [3.8, 4) is 0 Å². The molecule has 0 amide bonds. The number of nitro groups is 1. The van der Waals surface area contributed by atoms with Crippen molar-refractivity contribution in [3.05, 3.63) is 50.4 Å². The van der Waals surface area contributed by atoms with Crippen LogP contribution < -0.4 is 5.63 Å². The van der Waals surface area contributed by atoms with Crippen molar-refractivity contribution in [2.24, 2.45) is 0 Å². The Morgan fingerprint density at radius 3 is 2.76 bits per heavy atom. The molecule has 0 fully saturated rings. The number of rotatable bonds is 3. The standard InChI is InChI=1S/C12H11NO4/c1-2-3-8-6-12(14)17-11-5-4-9(13(15)16)7-10(8)11/h4-7H,2-3H2,1H3. The lowest BCUT2D eigenvalue weighted by Crippen LogP contribution is -2.01. The van der Waals surface area contributed by atoms with Crippen molar-refractivity contribution in [3.63, 3.8) is 0 Å². The zero-order chi connectivity index (χ0) is 12.4. The second-order valence-electron chi connectivity index (χ2n) is 3.78. The number of nitro benzene ring substituents is 1. The Morgan fingerprint density at radius 2 is 2.12 bits per heavy atom. The van der Waals surface area contributed by atoms with E-state index in [4.69, 9.17) is 4.42 Å². The highest BCUT2D eigenvalue weighted by atomic mass is 16.6. The maximum atomic E-state index is 11.3. The summed E-state index contributed by atoms with van der Waals surface area (Å²) >= 11 is 0. The maximum Gasteiger partial charge on any atom is 0.336 e. The van der Waals surface area contributed by atoms with Gasteiger partial charge in [-0.2, -0.15) is 0 Å². The van der Waals surface area contributed by atoms with Crippen molar-refractivity contribution in [2.75, 3.05) is 0 Å². The summed E-state index contributed by atoms with van der Waals surface area (Å²) in [6.07, 6.45) is 1.56. The van der Waals surface area contributed by atoms with Crippen LogP contribution in [0.1, 0.15) is 18.9 Å². The third-order valence-electron chi connectivity index (χ3n) is 2.54. The summed E-state index contributed by atoms with van der Waals surface area (Å²) in [5, 5.41) is 11.3. The van der Waals surface area contributed by atoms with Gasteiger partial charge in [0.05, 0.1) is 4.92 Å². The Hall–Kier alpha value is -2.17. The number of fused-ring (bicyclic) bond motifs is 1. The predicted molar refractivity (Wildman–Crippen MR) is 63.1 cm³/mol. The molecular formula is C12H11NO4. The first kappa shape index (κ1) is 11.3. The van der Waals surface area contributed by atoms with Crippen LogP contribution in [0, 0.1) is 10.1 Å². The molecule has 0 spiro atoms. The summed E-state index contributed by atoms with van der Waals surface area (Å²) in [7, 11) is 0. The molecule has 0 bridgehead atoms. The third kappa shape index (κ3) is 2.18. The number of aryl methyl sites for hydroxylation is 1. The Balaban J connectivity index is 2.73. The van der Waals surface area contributed by atoms with Crippen LogP contribution in [-0.2, 0) is 6.42 Å². The first-order valence-corrected chi connectivity index (χ1v) is 5.33. The van der Waals surface area contributed by atoms with Gasteiger partial charge in [-0.15, -0.1) is 0 Å². The van der Waals surface area contributed by atoms with Gasteiger partial charge in [-0.25, -0.2) is 4.79 Å². The largest absolute Gasteiger partial charge is 0.423 e. The Kier molecular flexibility index (Phi) is 2.91. The van der Waals surface area contributed by atoms with Gasteiger partial charge < -0.3 is 4.42 Å². The van der Waals surface area contributed by atoms with E-state index in [9.17, 15) is 14.9 Å². The molecule has 0 aliphatic carbocycles. The minimum absolute atomic E-state index is 0.00343. The molecule has 0 radical (unpaired) electrons. The molecular weight excluding hydrogens is 222 g/mol.